The molecule has 0 spiro atoms. The van der Waals surface area contributed by atoms with Gasteiger partial charge in [0.05, 0.1) is 16.2 Å². The number of alkyl halides is 3. The molecule has 42 heavy (non-hydrogen) atoms. The number of benzene rings is 1. The van der Waals surface area contributed by atoms with Gasteiger partial charge < -0.3 is 10.2 Å². The second-order valence-corrected chi connectivity index (χ2v) is 17.6. The first-order valence-corrected chi connectivity index (χ1v) is 17.8. The van der Waals surface area contributed by atoms with Crippen LogP contribution in [0.4, 0.5) is 13.2 Å². The molecule has 238 valence electrons. The minimum atomic E-state index is -4.59. The summed E-state index contributed by atoms with van der Waals surface area (Å²) in [5.74, 6) is 1.06. The Balaban J connectivity index is 1.40. The topological polar surface area (TPSA) is 74.6 Å². The number of aliphatic hydroxyl groups excluding tert-OH is 1. The molecule has 0 aromatic heterocycles. The van der Waals surface area contributed by atoms with Crippen molar-refractivity contribution < 1.29 is 31.8 Å². The molecule has 2 unspecified atom stereocenters. The molecular weight excluding hydrogens is 561 g/mol. The van der Waals surface area contributed by atoms with Crippen LogP contribution in [-0.4, -0.2) is 41.8 Å². The molecular formula is C34H51F3O4S. The van der Waals surface area contributed by atoms with Gasteiger partial charge in [0.25, 0.3) is 0 Å². The smallest absolute Gasteiger partial charge is 0.393 e. The number of rotatable bonds is 7. The number of hydrogen-bond donors (Lipinski definition) is 2. The monoisotopic (exact) mass is 612 g/mol. The molecule has 0 bridgehead atoms. The Morgan fingerprint density at radius 2 is 1.55 bits per heavy atom. The first-order chi connectivity index (χ1) is 19.5. The van der Waals surface area contributed by atoms with E-state index in [0.29, 0.717) is 35.5 Å². The number of halogens is 3. The van der Waals surface area contributed by atoms with Gasteiger partial charge in [-0.15, -0.1) is 0 Å². The van der Waals surface area contributed by atoms with Gasteiger partial charge in [-0.05, 0) is 129 Å². The summed E-state index contributed by atoms with van der Waals surface area (Å²) in [6.07, 6.45) is 0.367. The van der Waals surface area contributed by atoms with Gasteiger partial charge >= 0.3 is 6.18 Å². The Kier molecular flexibility index (Phi) is 8.49. The first-order valence-electron chi connectivity index (χ1n) is 16.2. The van der Waals surface area contributed by atoms with E-state index in [1.807, 2.05) is 19.9 Å². The zero-order valence-corrected chi connectivity index (χ0v) is 26.7. The maximum Gasteiger partial charge on any atom is 0.417 e. The van der Waals surface area contributed by atoms with Crippen LogP contribution in [0.1, 0.15) is 98.8 Å². The third-order valence-corrected chi connectivity index (χ3v) is 15.6. The van der Waals surface area contributed by atoms with Crippen molar-refractivity contribution in [3.63, 3.8) is 0 Å². The second-order valence-electron chi connectivity index (χ2n) is 15.4. The molecule has 8 heteroatoms. The highest BCUT2D eigenvalue weighted by molar-refractivity contribution is 7.92. The Labute approximate surface area is 250 Å². The fourth-order valence-electron chi connectivity index (χ4n) is 10.6. The molecule has 4 aliphatic rings. The van der Waals surface area contributed by atoms with E-state index in [4.69, 9.17) is 0 Å². The third kappa shape index (κ3) is 5.17. The van der Waals surface area contributed by atoms with Gasteiger partial charge in [0.1, 0.15) is 0 Å². The van der Waals surface area contributed by atoms with E-state index >= 15 is 0 Å². The van der Waals surface area contributed by atoms with Crippen molar-refractivity contribution in [1.82, 2.24) is 0 Å². The summed E-state index contributed by atoms with van der Waals surface area (Å²) >= 11 is 0. The highest BCUT2D eigenvalue weighted by Gasteiger charge is 2.65. The quantitative estimate of drug-likeness (QED) is 0.329. The molecule has 1 aromatic carbocycles. The lowest BCUT2D eigenvalue weighted by molar-refractivity contribution is -0.290. The predicted octanol–water partition coefficient (Wildman–Crippen LogP) is 7.82. The standard InChI is InChI=1S/C34H51F3O4S/c1-21(2)29(38)19-30(42(40,41)24-9-7-6-8-10-24)22(3)26-13-14-27-25-12-11-23-20-33(39,34(35,36)37)18-17-31(23,4)28(25)15-16-32(26,27)5/h6-10,21-23,25-30,38-39H,11-20H2,1-5H3/t22-,23-,25-,26+,27-,28?,29-,30?,31-,32+,33-/m0/s1. The van der Waals surface area contributed by atoms with Crippen LogP contribution in [0.5, 0.6) is 0 Å². The van der Waals surface area contributed by atoms with Gasteiger partial charge in [-0.3, -0.25) is 0 Å². The molecule has 0 heterocycles. The van der Waals surface area contributed by atoms with E-state index in [1.54, 1.807) is 24.3 Å². The lowest BCUT2D eigenvalue weighted by Crippen LogP contribution is -2.59. The molecule has 0 radical (unpaired) electrons. The maximum absolute atomic E-state index is 14.1. The van der Waals surface area contributed by atoms with Crippen molar-refractivity contribution in [1.29, 1.82) is 0 Å². The van der Waals surface area contributed by atoms with Gasteiger partial charge in [-0.25, -0.2) is 8.42 Å². The normalized spacial score (nSPS) is 41.0. The van der Waals surface area contributed by atoms with E-state index in [2.05, 4.69) is 20.8 Å². The molecule has 1 aromatic rings. The van der Waals surface area contributed by atoms with E-state index in [1.165, 1.54) is 0 Å². The molecule has 0 amide bonds. The van der Waals surface area contributed by atoms with Crippen LogP contribution in [0.3, 0.4) is 0 Å². The fourth-order valence-corrected chi connectivity index (χ4v) is 12.7. The van der Waals surface area contributed by atoms with E-state index in [-0.39, 0.29) is 53.8 Å². The van der Waals surface area contributed by atoms with Gasteiger partial charge in [0, 0.05) is 0 Å². The highest BCUT2D eigenvalue weighted by atomic mass is 32.2. The summed E-state index contributed by atoms with van der Waals surface area (Å²) in [5, 5.41) is 20.8. The van der Waals surface area contributed by atoms with E-state index < -0.39 is 33.0 Å². The molecule has 4 aliphatic carbocycles. The van der Waals surface area contributed by atoms with Gasteiger partial charge in [0.15, 0.2) is 15.4 Å². The minimum absolute atomic E-state index is 0.0433. The number of sulfone groups is 1. The van der Waals surface area contributed by atoms with E-state index in [0.717, 1.165) is 32.1 Å². The summed E-state index contributed by atoms with van der Waals surface area (Å²) in [4.78, 5) is 0.309. The van der Waals surface area contributed by atoms with Crippen LogP contribution < -0.4 is 0 Å². The van der Waals surface area contributed by atoms with Crippen LogP contribution in [0.15, 0.2) is 35.2 Å². The van der Waals surface area contributed by atoms with Crippen molar-refractivity contribution >= 4 is 9.84 Å². The van der Waals surface area contributed by atoms with Gasteiger partial charge in [0.2, 0.25) is 0 Å². The zero-order valence-electron chi connectivity index (χ0n) is 25.9. The fraction of sp³-hybridized carbons (Fsp3) is 0.824. The largest absolute Gasteiger partial charge is 0.417 e. The minimum Gasteiger partial charge on any atom is -0.393 e. The first kappa shape index (κ1) is 32.3. The van der Waals surface area contributed by atoms with Crippen molar-refractivity contribution in [2.45, 2.75) is 127 Å². The molecule has 4 saturated carbocycles. The van der Waals surface area contributed by atoms with Gasteiger partial charge in [-0.1, -0.05) is 52.8 Å². The molecule has 4 fully saturated rings. The molecule has 4 nitrogen and oxygen atoms in total. The molecule has 0 saturated heterocycles. The Morgan fingerprint density at radius 3 is 2.17 bits per heavy atom. The van der Waals surface area contributed by atoms with Crippen LogP contribution in [0.2, 0.25) is 0 Å². The lowest BCUT2D eigenvalue weighted by atomic mass is 9.43. The van der Waals surface area contributed by atoms with E-state index in [9.17, 15) is 31.8 Å². The average Bonchev–Trinajstić information content (AvgIpc) is 3.28. The highest BCUT2D eigenvalue weighted by Crippen LogP contribution is 2.69. The summed E-state index contributed by atoms with van der Waals surface area (Å²) in [5.41, 5.74) is -2.81. The van der Waals surface area contributed by atoms with Crippen molar-refractivity contribution in [3.8, 4) is 0 Å². The lowest BCUT2D eigenvalue weighted by Gasteiger charge is -2.62. The second kappa shape index (κ2) is 11.0. The SMILES string of the molecule is CC(C)[C@@H](O)CC([C@@H](C)[C@H]1CC[C@H]2[C@@H]3CC[C@H]4C[C@](O)(C(F)(F)F)CC[C@]4(C)C3CC[C@]12C)S(=O)(=O)c1ccccc1. The average molecular weight is 613 g/mol. The van der Waals surface area contributed by atoms with Crippen LogP contribution >= 0.6 is 0 Å². The number of fused-ring (bicyclic) bond motifs is 5. The number of aliphatic hydroxyl groups is 2. The molecule has 5 rings (SSSR count). The van der Waals surface area contributed by atoms with Crippen LogP contribution in [-0.2, 0) is 9.84 Å². The molecule has 2 N–H and O–H groups in total. The molecule has 11 atom stereocenters. The molecule has 0 aliphatic heterocycles. The zero-order chi connectivity index (χ0) is 30.9. The van der Waals surface area contributed by atoms with Crippen molar-refractivity contribution in [2.24, 2.45) is 52.3 Å². The summed E-state index contributed by atoms with van der Waals surface area (Å²) < 4.78 is 69.5. The maximum atomic E-state index is 14.1. The number of hydrogen-bond acceptors (Lipinski definition) is 4. The predicted molar refractivity (Wildman–Crippen MR) is 158 cm³/mol. The Bertz CT molecular complexity index is 1220. The summed E-state index contributed by atoms with van der Waals surface area (Å²) in [7, 11) is -3.68. The van der Waals surface area contributed by atoms with Crippen molar-refractivity contribution in [3.05, 3.63) is 30.3 Å². The Hall–Kier alpha value is -1.12. The van der Waals surface area contributed by atoms with Crippen molar-refractivity contribution in [2.75, 3.05) is 0 Å². The van der Waals surface area contributed by atoms with Crippen LogP contribution in [0.25, 0.3) is 0 Å². The third-order valence-electron chi connectivity index (χ3n) is 13.3. The summed E-state index contributed by atoms with van der Waals surface area (Å²) in [6, 6.07) is 8.63. The van der Waals surface area contributed by atoms with Gasteiger partial charge in [-0.2, -0.15) is 13.2 Å². The Morgan fingerprint density at radius 1 is 0.905 bits per heavy atom. The summed E-state index contributed by atoms with van der Waals surface area (Å²) in [6.45, 7) is 10.5. The van der Waals surface area contributed by atoms with Crippen LogP contribution in [0, 0.1) is 52.3 Å².